The molecule has 0 bridgehead atoms. The molecule has 0 aliphatic carbocycles. The van der Waals surface area contributed by atoms with Crippen molar-refractivity contribution in [2.75, 3.05) is 4.72 Å². The Kier molecular flexibility index (Phi) is 4.21. The second-order valence-corrected chi connectivity index (χ2v) is 6.83. The average molecular weight is 337 g/mol. The lowest BCUT2D eigenvalue weighted by atomic mass is 10.3. The van der Waals surface area contributed by atoms with Gasteiger partial charge in [0.1, 0.15) is 9.90 Å². The van der Waals surface area contributed by atoms with E-state index in [0.717, 1.165) is 23.6 Å². The van der Waals surface area contributed by atoms with E-state index in [0.29, 0.717) is 11.6 Å². The largest absolute Gasteiger partial charge is 0.433 e. The summed E-state index contributed by atoms with van der Waals surface area (Å²) in [6, 6.07) is 3.12. The molecule has 0 atom stereocenters. The first-order valence-electron chi connectivity index (χ1n) is 5.56. The fraction of sp³-hybridized carbons (Fsp3) is 0.182. The van der Waals surface area contributed by atoms with Crippen LogP contribution in [0.15, 0.2) is 34.0 Å². The first kappa shape index (κ1) is 15.7. The van der Waals surface area contributed by atoms with Gasteiger partial charge in [-0.15, -0.1) is 11.3 Å². The molecule has 5 nitrogen and oxygen atoms in total. The van der Waals surface area contributed by atoms with Crippen molar-refractivity contribution in [1.82, 2.24) is 4.98 Å². The third-order valence-corrected chi connectivity index (χ3v) is 5.31. The van der Waals surface area contributed by atoms with E-state index in [9.17, 15) is 21.6 Å². The Balaban J connectivity index is 2.21. The van der Waals surface area contributed by atoms with Gasteiger partial charge in [-0.3, -0.25) is 4.72 Å². The van der Waals surface area contributed by atoms with Crippen molar-refractivity contribution in [2.45, 2.75) is 16.9 Å². The Morgan fingerprint density at radius 2 is 2.05 bits per heavy atom. The van der Waals surface area contributed by atoms with Gasteiger partial charge in [0.25, 0.3) is 10.0 Å². The zero-order valence-corrected chi connectivity index (χ0v) is 12.0. The number of halogens is 3. The molecule has 10 heteroatoms. The monoisotopic (exact) mass is 337 g/mol. The number of alkyl halides is 3. The first-order valence-corrected chi connectivity index (χ1v) is 7.92. The average Bonchev–Trinajstić information content (AvgIpc) is 2.87. The van der Waals surface area contributed by atoms with Crippen LogP contribution in [0.5, 0.6) is 0 Å². The zero-order chi connectivity index (χ0) is 15.7. The van der Waals surface area contributed by atoms with Crippen molar-refractivity contribution >= 4 is 27.0 Å². The summed E-state index contributed by atoms with van der Waals surface area (Å²) in [6.45, 7) is 0.202. The second-order valence-electron chi connectivity index (χ2n) is 4.01. The van der Waals surface area contributed by atoms with Gasteiger partial charge in [0.15, 0.2) is 0 Å². The fourth-order valence-electron chi connectivity index (χ4n) is 1.43. The highest BCUT2D eigenvalue weighted by molar-refractivity contribution is 7.94. The van der Waals surface area contributed by atoms with Gasteiger partial charge in [0.2, 0.25) is 0 Å². The summed E-state index contributed by atoms with van der Waals surface area (Å²) >= 11 is 0.977. The number of hydrogen-bond acceptors (Lipinski definition) is 5. The molecular formula is C11H10F3N3O2S2. The number of sulfonamides is 1. The topological polar surface area (TPSA) is 85.1 Å². The Morgan fingerprint density at radius 1 is 1.33 bits per heavy atom. The summed E-state index contributed by atoms with van der Waals surface area (Å²) < 4.78 is 63.3. The van der Waals surface area contributed by atoms with Gasteiger partial charge in [-0.25, -0.2) is 13.4 Å². The predicted molar refractivity (Wildman–Crippen MR) is 72.3 cm³/mol. The van der Waals surface area contributed by atoms with Crippen molar-refractivity contribution in [1.29, 1.82) is 0 Å². The second kappa shape index (κ2) is 5.62. The van der Waals surface area contributed by atoms with Crippen molar-refractivity contribution < 1.29 is 21.6 Å². The normalized spacial score (nSPS) is 12.4. The highest BCUT2D eigenvalue weighted by atomic mass is 32.2. The summed E-state index contributed by atoms with van der Waals surface area (Å²) in [4.78, 5) is 3.18. The van der Waals surface area contributed by atoms with E-state index < -0.39 is 21.9 Å². The summed E-state index contributed by atoms with van der Waals surface area (Å²) in [5.41, 5.74) is 4.91. The maximum atomic E-state index is 12.4. The van der Waals surface area contributed by atoms with Gasteiger partial charge >= 0.3 is 6.18 Å². The molecule has 3 N–H and O–H groups in total. The maximum Gasteiger partial charge on any atom is 0.433 e. The molecule has 0 spiro atoms. The smallest absolute Gasteiger partial charge is 0.326 e. The van der Waals surface area contributed by atoms with Gasteiger partial charge in [0.05, 0.1) is 11.9 Å². The minimum absolute atomic E-state index is 0.0304. The van der Waals surface area contributed by atoms with Gasteiger partial charge in [-0.05, 0) is 29.1 Å². The summed E-state index contributed by atoms with van der Waals surface area (Å²) in [5, 5.41) is 1.60. The SMILES string of the molecule is NCc1csc(S(=O)(=O)Nc2ccc(C(F)(F)F)nc2)c1. The van der Waals surface area contributed by atoms with Crippen molar-refractivity contribution in [3.8, 4) is 0 Å². The van der Waals surface area contributed by atoms with E-state index in [1.807, 2.05) is 0 Å². The Hall–Kier alpha value is -1.65. The predicted octanol–water partition coefficient (Wildman–Crippen LogP) is 2.42. The van der Waals surface area contributed by atoms with Gasteiger partial charge in [-0.1, -0.05) is 0 Å². The molecule has 0 radical (unpaired) electrons. The van der Waals surface area contributed by atoms with E-state index in [4.69, 9.17) is 5.73 Å². The third kappa shape index (κ3) is 3.71. The number of rotatable bonds is 4. The number of anilines is 1. The first-order chi connectivity index (χ1) is 9.72. The van der Waals surface area contributed by atoms with Crippen LogP contribution in [0.1, 0.15) is 11.3 Å². The van der Waals surface area contributed by atoms with Crippen LogP contribution >= 0.6 is 11.3 Å². The highest BCUT2D eigenvalue weighted by Crippen LogP contribution is 2.28. The number of hydrogen-bond donors (Lipinski definition) is 2. The zero-order valence-electron chi connectivity index (χ0n) is 10.4. The molecule has 0 aromatic carbocycles. The molecule has 2 aromatic rings. The molecule has 0 amide bonds. The number of nitrogens with two attached hydrogens (primary N) is 1. The number of nitrogens with zero attached hydrogens (tertiary/aromatic N) is 1. The van der Waals surface area contributed by atoms with Crippen LogP contribution in [0.4, 0.5) is 18.9 Å². The summed E-state index contributed by atoms with van der Waals surface area (Å²) in [5.74, 6) is 0. The van der Waals surface area contributed by atoms with Gasteiger partial charge in [-0.2, -0.15) is 13.2 Å². The number of thiophene rings is 1. The third-order valence-electron chi connectivity index (χ3n) is 2.44. The molecule has 0 aliphatic heterocycles. The maximum absolute atomic E-state index is 12.4. The fourth-order valence-corrected chi connectivity index (χ4v) is 3.69. The van der Waals surface area contributed by atoms with Crippen LogP contribution < -0.4 is 10.5 Å². The quantitative estimate of drug-likeness (QED) is 0.897. The molecule has 2 rings (SSSR count). The molecule has 114 valence electrons. The van der Waals surface area contributed by atoms with Crippen LogP contribution in [0.2, 0.25) is 0 Å². The van der Waals surface area contributed by atoms with Crippen LogP contribution in [0.3, 0.4) is 0 Å². The Labute approximate surface area is 122 Å². The van der Waals surface area contributed by atoms with E-state index >= 15 is 0 Å². The van der Waals surface area contributed by atoms with Crippen molar-refractivity contribution in [2.24, 2.45) is 5.73 Å². The number of nitrogens with one attached hydrogen (secondary N) is 1. The molecule has 0 saturated carbocycles. The highest BCUT2D eigenvalue weighted by Gasteiger charge is 2.32. The van der Waals surface area contributed by atoms with Crippen molar-refractivity contribution in [3.05, 3.63) is 41.0 Å². The lowest BCUT2D eigenvalue weighted by Crippen LogP contribution is -2.13. The summed E-state index contributed by atoms with van der Waals surface area (Å²) in [6.07, 6.45) is -3.75. The number of pyridine rings is 1. The molecule has 2 aromatic heterocycles. The van der Waals surface area contributed by atoms with Crippen LogP contribution in [-0.4, -0.2) is 13.4 Å². The minimum atomic E-state index is -4.57. The summed E-state index contributed by atoms with van der Waals surface area (Å²) in [7, 11) is -3.86. The molecule has 0 unspecified atom stereocenters. The number of aromatic nitrogens is 1. The van der Waals surface area contributed by atoms with Crippen LogP contribution in [0, 0.1) is 0 Å². The van der Waals surface area contributed by atoms with Gasteiger partial charge in [0, 0.05) is 6.54 Å². The molecule has 0 fully saturated rings. The molecule has 21 heavy (non-hydrogen) atoms. The molecule has 0 saturated heterocycles. The molecule has 0 aliphatic rings. The lowest BCUT2D eigenvalue weighted by Gasteiger charge is -2.08. The van der Waals surface area contributed by atoms with Crippen LogP contribution in [-0.2, 0) is 22.7 Å². The minimum Gasteiger partial charge on any atom is -0.326 e. The van der Waals surface area contributed by atoms with Gasteiger partial charge < -0.3 is 5.73 Å². The van der Waals surface area contributed by atoms with Crippen LogP contribution in [0.25, 0.3) is 0 Å². The standard InChI is InChI=1S/C11H10F3N3O2S2/c12-11(13,14)9-2-1-8(5-16-9)17-21(18,19)10-3-7(4-15)6-20-10/h1-3,5-6,17H,4,15H2. The lowest BCUT2D eigenvalue weighted by molar-refractivity contribution is -0.141. The van der Waals surface area contributed by atoms with E-state index in [1.54, 1.807) is 5.38 Å². The van der Waals surface area contributed by atoms with E-state index in [-0.39, 0.29) is 16.4 Å². The van der Waals surface area contributed by atoms with E-state index in [1.165, 1.54) is 6.07 Å². The molecule has 2 heterocycles. The molecular weight excluding hydrogens is 327 g/mol. The van der Waals surface area contributed by atoms with E-state index in [2.05, 4.69) is 9.71 Å². The Morgan fingerprint density at radius 3 is 2.52 bits per heavy atom. The van der Waals surface area contributed by atoms with Crippen molar-refractivity contribution in [3.63, 3.8) is 0 Å². The Bertz CT molecular complexity index is 724.